The second-order valence-electron chi connectivity index (χ2n) is 3.36. The monoisotopic (exact) mass is 203 g/mol. The maximum absolute atomic E-state index is 4.24. The number of rotatable bonds is 4. The van der Waals surface area contributed by atoms with Gasteiger partial charge in [0.2, 0.25) is 0 Å². The normalized spacial score (nSPS) is 13.6. The molecule has 0 N–H and O–H groups in total. The zero-order valence-electron chi connectivity index (χ0n) is 9.35. The molecule has 1 aromatic rings. The molecule has 1 heterocycles. The fraction of sp³-hybridized carbons (Fsp3) is 0.333. The maximum Gasteiger partial charge on any atom is 0.156 e. The zero-order chi connectivity index (χ0) is 11.3. The zero-order valence-corrected chi connectivity index (χ0v) is 9.35. The summed E-state index contributed by atoms with van der Waals surface area (Å²) in [6.07, 6.45) is 6.02. The first kappa shape index (κ1) is 11.4. The lowest BCUT2D eigenvalue weighted by Crippen LogP contribution is -2.24. The molecule has 0 amide bonds. The lowest BCUT2D eigenvalue weighted by Gasteiger charge is -2.10. The molecule has 0 aliphatic rings. The van der Waals surface area contributed by atoms with Crippen molar-refractivity contribution in [1.29, 1.82) is 0 Å². The molecular formula is C12H17N3. The van der Waals surface area contributed by atoms with Crippen molar-refractivity contribution >= 4 is 6.20 Å². The molecule has 0 saturated heterocycles. The van der Waals surface area contributed by atoms with E-state index in [4.69, 9.17) is 0 Å². The van der Waals surface area contributed by atoms with Gasteiger partial charge in [0, 0.05) is 24.2 Å². The van der Waals surface area contributed by atoms with Crippen LogP contribution in [0.2, 0.25) is 0 Å². The molecule has 0 bridgehead atoms. The Kier molecular flexibility index (Phi) is 4.03. The van der Waals surface area contributed by atoms with Crippen LogP contribution in [-0.4, -0.2) is 9.78 Å². The first-order valence-electron chi connectivity index (χ1n) is 5.09. The summed E-state index contributed by atoms with van der Waals surface area (Å²) in [6, 6.07) is 2.00. The van der Waals surface area contributed by atoms with Crippen molar-refractivity contribution in [2.45, 2.75) is 26.2 Å². The number of nitrogens with zero attached hydrogens (tertiary/aromatic N) is 3. The molecule has 15 heavy (non-hydrogen) atoms. The van der Waals surface area contributed by atoms with Gasteiger partial charge >= 0.3 is 0 Å². The molecule has 3 nitrogen and oxygen atoms in total. The third-order valence-electron chi connectivity index (χ3n) is 2.45. The Hall–Kier alpha value is -1.64. The van der Waals surface area contributed by atoms with Crippen molar-refractivity contribution < 1.29 is 0 Å². The van der Waals surface area contributed by atoms with Gasteiger partial charge in [-0.2, -0.15) is 5.10 Å². The van der Waals surface area contributed by atoms with E-state index < -0.39 is 0 Å². The molecule has 80 valence electrons. The summed E-state index contributed by atoms with van der Waals surface area (Å²) in [5, 5.41) is 4.15. The highest BCUT2D eigenvalue weighted by Gasteiger charge is 2.07. The number of aromatic nitrogens is 2. The van der Waals surface area contributed by atoms with Gasteiger partial charge in [0.25, 0.3) is 0 Å². The van der Waals surface area contributed by atoms with Gasteiger partial charge in [-0.3, -0.25) is 0 Å². The molecule has 3 heteroatoms. The molecule has 0 radical (unpaired) electrons. The van der Waals surface area contributed by atoms with E-state index in [2.05, 4.69) is 37.1 Å². The van der Waals surface area contributed by atoms with Crippen molar-refractivity contribution in [3.63, 3.8) is 0 Å². The molecule has 1 rings (SSSR count). The van der Waals surface area contributed by atoms with E-state index in [9.17, 15) is 0 Å². The molecule has 0 fully saturated rings. The van der Waals surface area contributed by atoms with Gasteiger partial charge in [-0.05, 0) is 18.4 Å². The largest absolute Gasteiger partial charge is 0.237 e. The van der Waals surface area contributed by atoms with Crippen molar-refractivity contribution in [1.82, 2.24) is 9.78 Å². The molecule has 0 spiro atoms. The summed E-state index contributed by atoms with van der Waals surface area (Å²) < 4.78 is 1.67. The highest BCUT2D eigenvalue weighted by Crippen LogP contribution is 2.13. The Morgan fingerprint density at radius 3 is 2.87 bits per heavy atom. The standard InChI is InChI=1S/C12H17N3/c1-5-10(4)11-8-9-14-15(7-3)12(11)13-6-2/h6-10H,2-3,5H2,1,4H3. The fourth-order valence-corrected chi connectivity index (χ4v) is 1.41. The quantitative estimate of drug-likeness (QED) is 0.739. The van der Waals surface area contributed by atoms with Crippen LogP contribution in [0.1, 0.15) is 31.7 Å². The fourth-order valence-electron chi connectivity index (χ4n) is 1.41. The van der Waals surface area contributed by atoms with Crippen molar-refractivity contribution in [2.75, 3.05) is 0 Å². The van der Waals surface area contributed by atoms with Crippen molar-refractivity contribution in [2.24, 2.45) is 4.99 Å². The molecule has 0 aliphatic carbocycles. The predicted molar refractivity (Wildman–Crippen MR) is 63.1 cm³/mol. The second kappa shape index (κ2) is 5.29. The van der Waals surface area contributed by atoms with Crippen LogP contribution in [0.4, 0.5) is 0 Å². The summed E-state index contributed by atoms with van der Waals surface area (Å²) in [5.41, 5.74) is 1.99. The Morgan fingerprint density at radius 1 is 1.60 bits per heavy atom. The summed E-state index contributed by atoms with van der Waals surface area (Å²) in [6.45, 7) is 11.6. The molecule has 0 aromatic carbocycles. The SMILES string of the molecule is C=CN=c1c(C(C)CC)ccnn1C=C. The van der Waals surface area contributed by atoms with Gasteiger partial charge in [0.1, 0.15) is 0 Å². The minimum Gasteiger partial charge on any atom is -0.237 e. The smallest absolute Gasteiger partial charge is 0.156 e. The highest BCUT2D eigenvalue weighted by molar-refractivity contribution is 5.20. The van der Waals surface area contributed by atoms with Gasteiger partial charge in [-0.25, -0.2) is 9.67 Å². The molecule has 1 unspecified atom stereocenters. The number of hydrogen-bond donors (Lipinski definition) is 0. The average Bonchev–Trinajstić information content (AvgIpc) is 2.28. The minimum absolute atomic E-state index is 0.456. The van der Waals surface area contributed by atoms with Crippen molar-refractivity contribution in [3.8, 4) is 0 Å². The van der Waals surface area contributed by atoms with E-state index in [0.29, 0.717) is 5.92 Å². The van der Waals surface area contributed by atoms with E-state index in [-0.39, 0.29) is 0 Å². The average molecular weight is 203 g/mol. The van der Waals surface area contributed by atoms with Gasteiger partial charge in [0.15, 0.2) is 5.49 Å². The van der Waals surface area contributed by atoms with Crippen LogP contribution in [0.15, 0.2) is 36.6 Å². The van der Waals surface area contributed by atoms with Crippen LogP contribution in [0.3, 0.4) is 0 Å². The Labute approximate surface area is 90.5 Å². The molecule has 0 aliphatic heterocycles. The maximum atomic E-state index is 4.24. The summed E-state index contributed by atoms with van der Waals surface area (Å²) in [7, 11) is 0. The molecule has 1 aromatic heterocycles. The summed E-state index contributed by atoms with van der Waals surface area (Å²) in [4.78, 5) is 4.24. The summed E-state index contributed by atoms with van der Waals surface area (Å²) >= 11 is 0. The lowest BCUT2D eigenvalue weighted by atomic mass is 10.0. The molecular weight excluding hydrogens is 186 g/mol. The van der Waals surface area contributed by atoms with E-state index >= 15 is 0 Å². The van der Waals surface area contributed by atoms with E-state index in [1.165, 1.54) is 11.8 Å². The molecule has 0 saturated carbocycles. The van der Waals surface area contributed by atoms with Crippen LogP contribution >= 0.6 is 0 Å². The van der Waals surface area contributed by atoms with E-state index in [0.717, 1.165) is 11.9 Å². The highest BCUT2D eigenvalue weighted by atomic mass is 15.3. The Morgan fingerprint density at radius 2 is 2.33 bits per heavy atom. The number of hydrogen-bond acceptors (Lipinski definition) is 2. The van der Waals surface area contributed by atoms with Crippen LogP contribution in [-0.2, 0) is 0 Å². The molecule has 1 atom stereocenters. The lowest BCUT2D eigenvalue weighted by molar-refractivity contribution is 0.691. The van der Waals surface area contributed by atoms with Crippen molar-refractivity contribution in [3.05, 3.63) is 42.7 Å². The third kappa shape index (κ3) is 2.43. The second-order valence-corrected chi connectivity index (χ2v) is 3.36. The predicted octanol–water partition coefficient (Wildman–Crippen LogP) is 2.54. The van der Waals surface area contributed by atoms with Gasteiger partial charge in [-0.15, -0.1) is 0 Å². The first-order chi connectivity index (χ1) is 7.24. The van der Waals surface area contributed by atoms with Crippen LogP contribution < -0.4 is 5.49 Å². The van der Waals surface area contributed by atoms with Crippen LogP contribution in [0.5, 0.6) is 0 Å². The van der Waals surface area contributed by atoms with Gasteiger partial charge < -0.3 is 0 Å². The minimum atomic E-state index is 0.456. The van der Waals surface area contributed by atoms with Gasteiger partial charge in [0.05, 0.1) is 0 Å². The third-order valence-corrected chi connectivity index (χ3v) is 2.45. The topological polar surface area (TPSA) is 30.2 Å². The van der Waals surface area contributed by atoms with E-state index in [1.54, 1.807) is 17.1 Å². The van der Waals surface area contributed by atoms with Crippen LogP contribution in [0, 0.1) is 0 Å². The van der Waals surface area contributed by atoms with Gasteiger partial charge in [-0.1, -0.05) is 27.0 Å². The Balaban J connectivity index is 3.45. The van der Waals surface area contributed by atoms with E-state index in [1.807, 2.05) is 6.07 Å². The first-order valence-corrected chi connectivity index (χ1v) is 5.09. The van der Waals surface area contributed by atoms with Crippen LogP contribution in [0.25, 0.3) is 6.20 Å². The summed E-state index contributed by atoms with van der Waals surface area (Å²) in [5.74, 6) is 0.456. The Bertz CT molecular complexity index is 415.